The Bertz CT molecular complexity index is 738. The zero-order valence-corrected chi connectivity index (χ0v) is 12.5. The van der Waals surface area contributed by atoms with Gasteiger partial charge in [-0.05, 0) is 37.8 Å². The summed E-state index contributed by atoms with van der Waals surface area (Å²) in [4.78, 5) is 22.5. The fourth-order valence-electron chi connectivity index (χ4n) is 2.59. The second kappa shape index (κ2) is 6.40. The van der Waals surface area contributed by atoms with Crippen molar-refractivity contribution in [3.8, 4) is 11.8 Å². The van der Waals surface area contributed by atoms with Gasteiger partial charge < -0.3 is 4.90 Å². The van der Waals surface area contributed by atoms with Crippen LogP contribution < -0.4 is 4.90 Å². The van der Waals surface area contributed by atoms with Gasteiger partial charge in [0, 0.05) is 18.7 Å². The van der Waals surface area contributed by atoms with Crippen LogP contribution >= 0.6 is 0 Å². The molecule has 3 rings (SSSR count). The van der Waals surface area contributed by atoms with Crippen molar-refractivity contribution in [1.29, 1.82) is 0 Å². The molecule has 110 valence electrons. The number of rotatable bonds is 2. The Morgan fingerprint density at radius 2 is 1.82 bits per heavy atom. The van der Waals surface area contributed by atoms with Crippen molar-refractivity contribution in [2.24, 2.45) is 0 Å². The van der Waals surface area contributed by atoms with Crippen LogP contribution in [-0.2, 0) is 0 Å². The molecule has 4 nitrogen and oxygen atoms in total. The van der Waals surface area contributed by atoms with Crippen LogP contribution in [0.3, 0.4) is 0 Å². The molecule has 1 saturated heterocycles. The van der Waals surface area contributed by atoms with E-state index in [1.807, 2.05) is 37.3 Å². The Morgan fingerprint density at radius 1 is 1.09 bits per heavy atom. The maximum atomic E-state index is 11.6. The number of hydrogen-bond donors (Lipinski definition) is 0. The van der Waals surface area contributed by atoms with Crippen LogP contribution in [0, 0.1) is 18.8 Å². The van der Waals surface area contributed by atoms with Crippen molar-refractivity contribution in [1.82, 2.24) is 9.97 Å². The average Bonchev–Trinajstić information content (AvgIpc) is 3.07. The number of carbonyl (C=O) groups excluding carboxylic acids is 1. The molecule has 0 N–H and O–H groups in total. The summed E-state index contributed by atoms with van der Waals surface area (Å²) >= 11 is 0. The van der Waals surface area contributed by atoms with E-state index in [1.165, 1.54) is 0 Å². The number of aryl methyl sites for hydroxylation is 1. The number of benzene rings is 1. The lowest BCUT2D eigenvalue weighted by Gasteiger charge is -2.18. The molecule has 22 heavy (non-hydrogen) atoms. The predicted molar refractivity (Wildman–Crippen MR) is 86.0 cm³/mol. The van der Waals surface area contributed by atoms with Crippen molar-refractivity contribution >= 4 is 12.1 Å². The summed E-state index contributed by atoms with van der Waals surface area (Å²) in [5, 5.41) is 0. The zero-order chi connectivity index (χ0) is 15.4. The lowest BCUT2D eigenvalue weighted by molar-refractivity contribution is 0.112. The van der Waals surface area contributed by atoms with E-state index in [1.54, 1.807) is 0 Å². The molecule has 2 aromatic rings. The maximum absolute atomic E-state index is 11.6. The summed E-state index contributed by atoms with van der Waals surface area (Å²) in [6.07, 6.45) is 3.08. The molecule has 2 heterocycles. The minimum Gasteiger partial charge on any atom is -0.356 e. The van der Waals surface area contributed by atoms with Crippen LogP contribution in [0.1, 0.15) is 40.3 Å². The van der Waals surface area contributed by atoms with E-state index in [9.17, 15) is 4.79 Å². The van der Waals surface area contributed by atoms with Crippen LogP contribution in [0.25, 0.3) is 0 Å². The van der Waals surface area contributed by atoms with Gasteiger partial charge in [-0.1, -0.05) is 24.1 Å². The van der Waals surface area contributed by atoms with E-state index in [0.29, 0.717) is 17.1 Å². The molecular formula is C18H17N3O. The molecule has 0 bridgehead atoms. The Labute approximate surface area is 130 Å². The molecule has 0 amide bonds. The second-order valence-corrected chi connectivity index (χ2v) is 5.28. The highest BCUT2D eigenvalue weighted by atomic mass is 16.1. The first-order chi connectivity index (χ1) is 10.8. The molecule has 0 spiro atoms. The van der Waals surface area contributed by atoms with Crippen molar-refractivity contribution in [3.05, 3.63) is 53.0 Å². The standard InChI is InChI=1S/C18H17N3O/c1-14-19-17(10-9-15-7-3-2-4-8-15)16(13-22)18(20-14)21-11-5-6-12-21/h2-4,7-8,13H,5-6,11-12H2,1H3. The van der Waals surface area contributed by atoms with E-state index in [0.717, 1.165) is 43.6 Å². The Balaban J connectivity index is 2.04. The monoisotopic (exact) mass is 291 g/mol. The lowest BCUT2D eigenvalue weighted by Crippen LogP contribution is -2.22. The topological polar surface area (TPSA) is 46.1 Å². The van der Waals surface area contributed by atoms with Crippen molar-refractivity contribution < 1.29 is 4.79 Å². The molecule has 1 aliphatic heterocycles. The third-order valence-corrected chi connectivity index (χ3v) is 3.66. The molecule has 0 aliphatic carbocycles. The summed E-state index contributed by atoms with van der Waals surface area (Å²) in [6, 6.07) is 9.69. The van der Waals surface area contributed by atoms with Gasteiger partial charge in [-0.3, -0.25) is 4.79 Å². The molecule has 0 unspecified atom stereocenters. The lowest BCUT2D eigenvalue weighted by atomic mass is 10.2. The molecule has 1 aromatic heterocycles. The van der Waals surface area contributed by atoms with E-state index in [4.69, 9.17) is 0 Å². The first-order valence-electron chi connectivity index (χ1n) is 7.44. The quantitative estimate of drug-likeness (QED) is 0.630. The molecule has 4 heteroatoms. The summed E-state index contributed by atoms with van der Waals surface area (Å²) < 4.78 is 0. The molecule has 1 aliphatic rings. The van der Waals surface area contributed by atoms with Crippen molar-refractivity contribution in [3.63, 3.8) is 0 Å². The number of aromatic nitrogens is 2. The molecule has 1 fully saturated rings. The summed E-state index contributed by atoms with van der Waals surface area (Å²) in [6.45, 7) is 3.70. The van der Waals surface area contributed by atoms with Crippen LogP contribution in [0.15, 0.2) is 30.3 Å². The van der Waals surface area contributed by atoms with Crippen LogP contribution in [0.2, 0.25) is 0 Å². The highest BCUT2D eigenvalue weighted by molar-refractivity contribution is 5.86. The van der Waals surface area contributed by atoms with Crippen LogP contribution in [0.4, 0.5) is 5.82 Å². The molecule has 0 atom stereocenters. The average molecular weight is 291 g/mol. The van der Waals surface area contributed by atoms with Gasteiger partial charge in [-0.15, -0.1) is 0 Å². The Hall–Kier alpha value is -2.67. The van der Waals surface area contributed by atoms with E-state index >= 15 is 0 Å². The van der Waals surface area contributed by atoms with E-state index in [-0.39, 0.29) is 0 Å². The van der Waals surface area contributed by atoms with Gasteiger partial charge in [0.25, 0.3) is 0 Å². The van der Waals surface area contributed by atoms with Crippen molar-refractivity contribution in [2.45, 2.75) is 19.8 Å². The van der Waals surface area contributed by atoms with E-state index < -0.39 is 0 Å². The van der Waals surface area contributed by atoms with Gasteiger partial charge >= 0.3 is 0 Å². The molecular weight excluding hydrogens is 274 g/mol. The van der Waals surface area contributed by atoms with Gasteiger partial charge in [0.15, 0.2) is 6.29 Å². The number of aldehydes is 1. The van der Waals surface area contributed by atoms with Crippen molar-refractivity contribution in [2.75, 3.05) is 18.0 Å². The SMILES string of the molecule is Cc1nc(C#Cc2ccccc2)c(C=O)c(N2CCCC2)n1. The fraction of sp³-hybridized carbons (Fsp3) is 0.278. The minimum absolute atomic E-state index is 0.496. The van der Waals surface area contributed by atoms with Gasteiger partial charge in [-0.2, -0.15) is 0 Å². The van der Waals surface area contributed by atoms with Crippen LogP contribution in [0.5, 0.6) is 0 Å². The minimum atomic E-state index is 0.496. The zero-order valence-electron chi connectivity index (χ0n) is 12.5. The summed E-state index contributed by atoms with van der Waals surface area (Å²) in [5.41, 5.74) is 1.91. The number of nitrogens with zero attached hydrogens (tertiary/aromatic N) is 3. The Morgan fingerprint density at radius 3 is 2.50 bits per heavy atom. The Kier molecular flexibility index (Phi) is 4.15. The fourth-order valence-corrected chi connectivity index (χ4v) is 2.59. The molecule has 0 saturated carbocycles. The van der Waals surface area contributed by atoms with E-state index in [2.05, 4.69) is 26.7 Å². The highest BCUT2D eigenvalue weighted by Gasteiger charge is 2.20. The van der Waals surface area contributed by atoms with Gasteiger partial charge in [-0.25, -0.2) is 9.97 Å². The second-order valence-electron chi connectivity index (χ2n) is 5.28. The normalized spacial score (nSPS) is 13.6. The van der Waals surface area contributed by atoms with Crippen LogP contribution in [-0.4, -0.2) is 29.3 Å². The molecule has 0 radical (unpaired) electrons. The number of hydrogen-bond acceptors (Lipinski definition) is 4. The number of carbonyl (C=O) groups is 1. The summed E-state index contributed by atoms with van der Waals surface area (Å²) in [5.74, 6) is 7.45. The van der Waals surface area contributed by atoms with Gasteiger partial charge in [0.1, 0.15) is 17.3 Å². The third-order valence-electron chi connectivity index (χ3n) is 3.66. The highest BCUT2D eigenvalue weighted by Crippen LogP contribution is 2.23. The van der Waals surface area contributed by atoms with Gasteiger partial charge in [0.2, 0.25) is 0 Å². The largest absolute Gasteiger partial charge is 0.356 e. The first-order valence-corrected chi connectivity index (χ1v) is 7.44. The first kappa shape index (κ1) is 14.3. The number of anilines is 1. The van der Waals surface area contributed by atoms with Gasteiger partial charge in [0.05, 0.1) is 5.56 Å². The third kappa shape index (κ3) is 2.99. The summed E-state index contributed by atoms with van der Waals surface area (Å²) in [7, 11) is 0. The predicted octanol–water partition coefficient (Wildman–Crippen LogP) is 2.60. The smallest absolute Gasteiger partial charge is 0.156 e. The molecule has 1 aromatic carbocycles. The maximum Gasteiger partial charge on any atom is 0.156 e.